The lowest BCUT2D eigenvalue weighted by molar-refractivity contribution is 0.624. The molecule has 0 aliphatic carbocycles. The molecule has 0 bridgehead atoms. The lowest BCUT2D eigenvalue weighted by Gasteiger charge is -2.13. The highest BCUT2D eigenvalue weighted by molar-refractivity contribution is 9.09. The van der Waals surface area contributed by atoms with Gasteiger partial charge in [0.05, 0.1) is 0 Å². The zero-order valence-electron chi connectivity index (χ0n) is 10.6. The standard InChI is InChI=1S/C16H16BrF/c1-11-4-3-5-13(8-11)9-16(17)15-10-14(18)7-6-12(15)2/h3-8,10,16H,9H2,1-2H3. The van der Waals surface area contributed by atoms with Gasteiger partial charge in [-0.25, -0.2) is 4.39 Å². The van der Waals surface area contributed by atoms with Crippen LogP contribution >= 0.6 is 15.9 Å². The quantitative estimate of drug-likeness (QED) is 0.690. The van der Waals surface area contributed by atoms with Crippen LogP contribution in [0.3, 0.4) is 0 Å². The topological polar surface area (TPSA) is 0 Å². The molecule has 0 nitrogen and oxygen atoms in total. The fraction of sp³-hybridized carbons (Fsp3) is 0.250. The molecule has 0 aliphatic heterocycles. The predicted molar refractivity (Wildman–Crippen MR) is 77.7 cm³/mol. The van der Waals surface area contributed by atoms with Gasteiger partial charge in [0.15, 0.2) is 0 Å². The zero-order chi connectivity index (χ0) is 13.1. The van der Waals surface area contributed by atoms with Crippen molar-refractivity contribution < 1.29 is 4.39 Å². The van der Waals surface area contributed by atoms with E-state index in [9.17, 15) is 4.39 Å². The van der Waals surface area contributed by atoms with Crippen molar-refractivity contribution in [2.75, 3.05) is 0 Å². The van der Waals surface area contributed by atoms with Gasteiger partial charge in [-0.2, -0.15) is 0 Å². The van der Waals surface area contributed by atoms with Gasteiger partial charge in [0, 0.05) is 4.83 Å². The van der Waals surface area contributed by atoms with Crippen LogP contribution in [0.4, 0.5) is 4.39 Å². The Labute approximate surface area is 116 Å². The Kier molecular flexibility index (Phi) is 4.18. The van der Waals surface area contributed by atoms with E-state index in [2.05, 4.69) is 47.1 Å². The summed E-state index contributed by atoms with van der Waals surface area (Å²) in [5.41, 5.74) is 4.66. The highest BCUT2D eigenvalue weighted by atomic mass is 79.9. The number of alkyl halides is 1. The van der Waals surface area contributed by atoms with Gasteiger partial charge in [-0.15, -0.1) is 0 Å². The first-order chi connectivity index (χ1) is 8.56. The maximum Gasteiger partial charge on any atom is 0.123 e. The summed E-state index contributed by atoms with van der Waals surface area (Å²) in [4.78, 5) is 0.148. The molecule has 0 N–H and O–H groups in total. The van der Waals surface area contributed by atoms with E-state index in [1.54, 1.807) is 6.07 Å². The van der Waals surface area contributed by atoms with Gasteiger partial charge in [-0.3, -0.25) is 0 Å². The summed E-state index contributed by atoms with van der Waals surface area (Å²) in [5, 5.41) is 0. The number of hydrogen-bond acceptors (Lipinski definition) is 0. The van der Waals surface area contributed by atoms with E-state index in [1.165, 1.54) is 17.2 Å². The molecular formula is C16H16BrF. The van der Waals surface area contributed by atoms with Crippen molar-refractivity contribution in [1.82, 2.24) is 0 Å². The third kappa shape index (κ3) is 3.20. The molecule has 2 heteroatoms. The van der Waals surface area contributed by atoms with E-state index in [0.29, 0.717) is 0 Å². The van der Waals surface area contributed by atoms with Crippen LogP contribution < -0.4 is 0 Å². The number of aryl methyl sites for hydroxylation is 2. The van der Waals surface area contributed by atoms with Crippen molar-refractivity contribution >= 4 is 15.9 Å². The van der Waals surface area contributed by atoms with Crippen LogP contribution in [0, 0.1) is 19.7 Å². The van der Waals surface area contributed by atoms with Gasteiger partial charge in [0.2, 0.25) is 0 Å². The molecule has 2 rings (SSSR count). The van der Waals surface area contributed by atoms with Crippen molar-refractivity contribution in [2.45, 2.75) is 25.1 Å². The summed E-state index contributed by atoms with van der Waals surface area (Å²) in [7, 11) is 0. The van der Waals surface area contributed by atoms with Crippen molar-refractivity contribution in [3.05, 3.63) is 70.5 Å². The molecular weight excluding hydrogens is 291 g/mol. The van der Waals surface area contributed by atoms with Crippen LogP contribution in [0.1, 0.15) is 27.1 Å². The lowest BCUT2D eigenvalue weighted by atomic mass is 9.99. The first-order valence-electron chi connectivity index (χ1n) is 6.02. The predicted octanol–water partition coefficient (Wildman–Crippen LogP) is 5.12. The van der Waals surface area contributed by atoms with Gasteiger partial charge in [-0.1, -0.05) is 51.8 Å². The number of benzene rings is 2. The maximum absolute atomic E-state index is 13.3. The third-order valence-electron chi connectivity index (χ3n) is 3.08. The molecule has 2 aromatic carbocycles. The second-order valence-electron chi connectivity index (χ2n) is 4.66. The molecule has 0 aromatic heterocycles. The van der Waals surface area contributed by atoms with Crippen molar-refractivity contribution in [3.63, 3.8) is 0 Å². The summed E-state index contributed by atoms with van der Waals surface area (Å²) in [6, 6.07) is 13.4. The Morgan fingerprint density at radius 1 is 1.11 bits per heavy atom. The minimum atomic E-state index is -0.177. The largest absolute Gasteiger partial charge is 0.207 e. The zero-order valence-corrected chi connectivity index (χ0v) is 12.2. The van der Waals surface area contributed by atoms with Crippen molar-refractivity contribution in [1.29, 1.82) is 0 Å². The Bertz CT molecular complexity index is 549. The van der Waals surface area contributed by atoms with Crippen LogP contribution in [0.15, 0.2) is 42.5 Å². The first-order valence-corrected chi connectivity index (χ1v) is 6.93. The highest BCUT2D eigenvalue weighted by Crippen LogP contribution is 2.30. The summed E-state index contributed by atoms with van der Waals surface area (Å²) in [6.45, 7) is 4.10. The summed E-state index contributed by atoms with van der Waals surface area (Å²) in [6.07, 6.45) is 0.867. The van der Waals surface area contributed by atoms with Crippen molar-refractivity contribution in [2.24, 2.45) is 0 Å². The van der Waals surface area contributed by atoms with E-state index >= 15 is 0 Å². The van der Waals surface area contributed by atoms with Crippen LogP contribution in [0.5, 0.6) is 0 Å². The molecule has 0 saturated heterocycles. The summed E-state index contributed by atoms with van der Waals surface area (Å²) < 4.78 is 13.3. The Hall–Kier alpha value is -1.15. The normalized spacial score (nSPS) is 12.4. The SMILES string of the molecule is Cc1cccc(CC(Br)c2cc(F)ccc2C)c1. The average Bonchev–Trinajstić information content (AvgIpc) is 2.32. The van der Waals surface area contributed by atoms with E-state index in [0.717, 1.165) is 17.5 Å². The Morgan fingerprint density at radius 3 is 2.61 bits per heavy atom. The third-order valence-corrected chi connectivity index (χ3v) is 3.89. The highest BCUT2D eigenvalue weighted by Gasteiger charge is 2.12. The maximum atomic E-state index is 13.3. The molecule has 0 spiro atoms. The fourth-order valence-electron chi connectivity index (χ4n) is 2.10. The molecule has 94 valence electrons. The van der Waals surface area contributed by atoms with Crippen LogP contribution in [0.2, 0.25) is 0 Å². The second kappa shape index (κ2) is 5.66. The molecule has 18 heavy (non-hydrogen) atoms. The van der Waals surface area contributed by atoms with E-state index in [1.807, 2.05) is 13.0 Å². The van der Waals surface area contributed by atoms with E-state index in [4.69, 9.17) is 0 Å². The van der Waals surface area contributed by atoms with Gasteiger partial charge < -0.3 is 0 Å². The Morgan fingerprint density at radius 2 is 1.89 bits per heavy atom. The monoisotopic (exact) mass is 306 g/mol. The minimum absolute atomic E-state index is 0.148. The molecule has 1 unspecified atom stereocenters. The van der Waals surface area contributed by atoms with Crippen LogP contribution in [-0.2, 0) is 6.42 Å². The molecule has 0 heterocycles. The lowest BCUT2D eigenvalue weighted by Crippen LogP contribution is -1.99. The van der Waals surface area contributed by atoms with Crippen LogP contribution in [0.25, 0.3) is 0 Å². The van der Waals surface area contributed by atoms with Gasteiger partial charge in [0.1, 0.15) is 5.82 Å². The molecule has 0 amide bonds. The van der Waals surface area contributed by atoms with E-state index in [-0.39, 0.29) is 10.6 Å². The minimum Gasteiger partial charge on any atom is -0.207 e. The molecule has 0 radical (unpaired) electrons. The number of hydrogen-bond donors (Lipinski definition) is 0. The van der Waals surface area contributed by atoms with Gasteiger partial charge in [-0.05, 0) is 49.1 Å². The van der Waals surface area contributed by atoms with Gasteiger partial charge >= 0.3 is 0 Å². The molecule has 0 saturated carbocycles. The fourth-order valence-corrected chi connectivity index (χ4v) is 2.97. The number of rotatable bonds is 3. The first kappa shape index (κ1) is 13.3. The molecule has 0 aliphatic rings. The molecule has 1 atom stereocenters. The molecule has 0 fully saturated rings. The summed E-state index contributed by atoms with van der Waals surface area (Å²) in [5.74, 6) is -0.177. The van der Waals surface area contributed by atoms with Crippen molar-refractivity contribution in [3.8, 4) is 0 Å². The van der Waals surface area contributed by atoms with Gasteiger partial charge in [0.25, 0.3) is 0 Å². The van der Waals surface area contributed by atoms with E-state index < -0.39 is 0 Å². The smallest absolute Gasteiger partial charge is 0.123 e. The summed E-state index contributed by atoms with van der Waals surface area (Å²) >= 11 is 3.67. The second-order valence-corrected chi connectivity index (χ2v) is 5.77. The van der Waals surface area contributed by atoms with Crippen LogP contribution in [-0.4, -0.2) is 0 Å². The number of halogens is 2. The Balaban J connectivity index is 2.21. The molecule has 2 aromatic rings. The average molecular weight is 307 g/mol.